The molecule has 2 rings (SSSR count). The van der Waals surface area contributed by atoms with Gasteiger partial charge in [-0.3, -0.25) is 0 Å². The lowest BCUT2D eigenvalue weighted by molar-refractivity contribution is 0.00615. The van der Waals surface area contributed by atoms with Crippen molar-refractivity contribution in [2.75, 3.05) is 6.54 Å². The zero-order valence-corrected chi connectivity index (χ0v) is 12.5. The zero-order valence-electron chi connectivity index (χ0n) is 11.7. The van der Waals surface area contributed by atoms with Crippen molar-refractivity contribution in [1.29, 1.82) is 0 Å². The molecular weight excluding hydrogens is 277 g/mol. The minimum Gasteiger partial charge on any atom is -0.388 e. The van der Waals surface area contributed by atoms with Gasteiger partial charge >= 0.3 is 0 Å². The minimum atomic E-state index is -0.885. The van der Waals surface area contributed by atoms with E-state index in [1.54, 1.807) is 0 Å². The Kier molecular flexibility index (Phi) is 5.42. The van der Waals surface area contributed by atoms with Gasteiger partial charge in [0.05, 0.1) is 6.10 Å². The molecule has 0 radical (unpaired) electrons. The lowest BCUT2D eigenvalue weighted by Gasteiger charge is -2.39. The third kappa shape index (κ3) is 3.33. The normalized spacial score (nSPS) is 21.0. The van der Waals surface area contributed by atoms with Gasteiger partial charge in [-0.05, 0) is 31.0 Å². The number of aliphatic hydroxyl groups excluding tert-OH is 1. The maximum atomic E-state index is 14.0. The molecule has 0 saturated heterocycles. The van der Waals surface area contributed by atoms with Gasteiger partial charge < -0.3 is 10.8 Å². The summed E-state index contributed by atoms with van der Waals surface area (Å²) in [7, 11) is 0. The van der Waals surface area contributed by atoms with Crippen LogP contribution in [0.1, 0.15) is 56.6 Å². The second kappa shape index (κ2) is 6.88. The van der Waals surface area contributed by atoms with Crippen molar-refractivity contribution in [3.8, 4) is 0 Å². The van der Waals surface area contributed by atoms with Gasteiger partial charge in [-0.2, -0.15) is 0 Å². The van der Waals surface area contributed by atoms with Crippen molar-refractivity contribution < 1.29 is 9.50 Å². The molecule has 0 spiro atoms. The molecule has 1 unspecified atom stereocenters. The van der Waals surface area contributed by atoms with E-state index in [0.717, 1.165) is 38.5 Å². The van der Waals surface area contributed by atoms with E-state index >= 15 is 0 Å². The van der Waals surface area contributed by atoms with Crippen molar-refractivity contribution in [2.45, 2.75) is 51.0 Å². The van der Waals surface area contributed by atoms with Gasteiger partial charge in [-0.15, -0.1) is 0 Å². The lowest BCUT2D eigenvalue weighted by atomic mass is 9.70. The van der Waals surface area contributed by atoms with Gasteiger partial charge in [0, 0.05) is 22.5 Å². The highest BCUT2D eigenvalue weighted by Crippen LogP contribution is 2.44. The first kappa shape index (κ1) is 15.7. The fraction of sp³-hybridized carbons (Fsp3) is 0.625. The Balaban J connectivity index is 2.30. The van der Waals surface area contributed by atoms with Crippen LogP contribution in [0.25, 0.3) is 0 Å². The highest BCUT2D eigenvalue weighted by atomic mass is 35.5. The molecule has 1 fully saturated rings. The topological polar surface area (TPSA) is 46.2 Å². The summed E-state index contributed by atoms with van der Waals surface area (Å²) in [6.45, 7) is 0.375. The molecule has 1 aromatic rings. The van der Waals surface area contributed by atoms with Gasteiger partial charge in [0.15, 0.2) is 0 Å². The van der Waals surface area contributed by atoms with Crippen molar-refractivity contribution in [3.05, 3.63) is 34.6 Å². The van der Waals surface area contributed by atoms with E-state index in [0.29, 0.717) is 11.6 Å². The van der Waals surface area contributed by atoms with Crippen molar-refractivity contribution in [3.63, 3.8) is 0 Å². The van der Waals surface area contributed by atoms with Crippen LogP contribution >= 0.6 is 11.6 Å². The first-order chi connectivity index (χ1) is 9.59. The van der Waals surface area contributed by atoms with E-state index in [9.17, 15) is 9.50 Å². The van der Waals surface area contributed by atoms with Crippen LogP contribution in [0.4, 0.5) is 4.39 Å². The van der Waals surface area contributed by atoms with Crippen LogP contribution in [-0.4, -0.2) is 11.7 Å². The van der Waals surface area contributed by atoms with Crippen molar-refractivity contribution in [1.82, 2.24) is 0 Å². The predicted octanol–water partition coefficient (Wildman–Crippen LogP) is 4.20. The molecule has 1 aliphatic rings. The van der Waals surface area contributed by atoms with E-state index in [1.807, 2.05) is 0 Å². The molecule has 1 saturated carbocycles. The average molecular weight is 300 g/mol. The Morgan fingerprint density at radius 2 is 1.80 bits per heavy atom. The molecule has 1 aromatic carbocycles. The van der Waals surface area contributed by atoms with Gasteiger partial charge in [0.1, 0.15) is 5.82 Å². The third-order valence-corrected chi connectivity index (χ3v) is 4.82. The van der Waals surface area contributed by atoms with Gasteiger partial charge in [0.2, 0.25) is 0 Å². The second-order valence-electron chi connectivity index (χ2n) is 5.90. The number of halogens is 2. The summed E-state index contributed by atoms with van der Waals surface area (Å²) in [4.78, 5) is 0. The molecule has 0 bridgehead atoms. The van der Waals surface area contributed by atoms with Crippen LogP contribution in [0.3, 0.4) is 0 Å². The number of aliphatic hydroxyl groups is 1. The second-order valence-corrected chi connectivity index (χ2v) is 6.34. The van der Waals surface area contributed by atoms with E-state index in [-0.39, 0.29) is 5.56 Å². The Morgan fingerprint density at radius 3 is 2.40 bits per heavy atom. The Labute approximate surface area is 125 Å². The maximum Gasteiger partial charge on any atom is 0.129 e. The van der Waals surface area contributed by atoms with Crippen LogP contribution in [0.2, 0.25) is 5.02 Å². The lowest BCUT2D eigenvalue weighted by Crippen LogP contribution is -2.38. The standard InChI is InChI=1S/C16H23ClFNO/c17-12-6-7-14(18)13(10-12)15(20)16(11-19)8-4-2-1-3-5-9-16/h6-7,10,15,20H,1-5,8-9,11,19H2. The van der Waals surface area contributed by atoms with E-state index in [4.69, 9.17) is 17.3 Å². The third-order valence-electron chi connectivity index (χ3n) is 4.59. The summed E-state index contributed by atoms with van der Waals surface area (Å²) >= 11 is 5.94. The monoisotopic (exact) mass is 299 g/mol. The molecule has 2 nitrogen and oxygen atoms in total. The SMILES string of the molecule is NCC1(C(O)c2cc(Cl)ccc2F)CCCCCCC1. The molecule has 20 heavy (non-hydrogen) atoms. The highest BCUT2D eigenvalue weighted by molar-refractivity contribution is 6.30. The number of rotatable bonds is 3. The molecule has 112 valence electrons. The van der Waals surface area contributed by atoms with Crippen LogP contribution in [0.5, 0.6) is 0 Å². The van der Waals surface area contributed by atoms with Crippen LogP contribution in [-0.2, 0) is 0 Å². The van der Waals surface area contributed by atoms with E-state index in [1.165, 1.54) is 24.6 Å². The summed E-state index contributed by atoms with van der Waals surface area (Å²) in [5, 5.41) is 11.2. The first-order valence-corrected chi connectivity index (χ1v) is 7.80. The molecule has 0 heterocycles. The minimum absolute atomic E-state index is 0.281. The summed E-state index contributed by atoms with van der Waals surface area (Å²) in [6, 6.07) is 4.34. The molecular formula is C16H23ClFNO. The summed E-state index contributed by atoms with van der Waals surface area (Å²) < 4.78 is 14.0. The smallest absolute Gasteiger partial charge is 0.129 e. The molecule has 0 aromatic heterocycles. The van der Waals surface area contributed by atoms with Gasteiger partial charge in [0.25, 0.3) is 0 Å². The Morgan fingerprint density at radius 1 is 1.20 bits per heavy atom. The first-order valence-electron chi connectivity index (χ1n) is 7.42. The Bertz CT molecular complexity index is 444. The molecule has 0 amide bonds. The highest BCUT2D eigenvalue weighted by Gasteiger charge is 2.38. The number of benzene rings is 1. The fourth-order valence-corrected chi connectivity index (χ4v) is 3.43. The van der Waals surface area contributed by atoms with Crippen LogP contribution in [0, 0.1) is 11.2 Å². The summed E-state index contributed by atoms with van der Waals surface area (Å²) in [6.07, 6.45) is 6.44. The largest absolute Gasteiger partial charge is 0.388 e. The molecule has 4 heteroatoms. The zero-order chi connectivity index (χ0) is 14.6. The number of hydrogen-bond donors (Lipinski definition) is 2. The van der Waals surface area contributed by atoms with Crippen LogP contribution in [0.15, 0.2) is 18.2 Å². The van der Waals surface area contributed by atoms with Crippen molar-refractivity contribution in [2.24, 2.45) is 11.1 Å². The molecule has 1 aliphatic carbocycles. The van der Waals surface area contributed by atoms with E-state index in [2.05, 4.69) is 0 Å². The summed E-state index contributed by atoms with van der Waals surface area (Å²) in [5.41, 5.74) is 5.83. The summed E-state index contributed by atoms with van der Waals surface area (Å²) in [5.74, 6) is -0.406. The number of nitrogens with two attached hydrogens (primary N) is 1. The van der Waals surface area contributed by atoms with E-state index < -0.39 is 17.3 Å². The quantitative estimate of drug-likeness (QED) is 0.878. The van der Waals surface area contributed by atoms with Crippen molar-refractivity contribution >= 4 is 11.6 Å². The molecule has 1 atom stereocenters. The number of hydrogen-bond acceptors (Lipinski definition) is 2. The van der Waals surface area contributed by atoms with Gasteiger partial charge in [-0.1, -0.05) is 43.7 Å². The average Bonchev–Trinajstić information content (AvgIpc) is 2.41. The van der Waals surface area contributed by atoms with Crippen LogP contribution < -0.4 is 5.73 Å². The Hall–Kier alpha value is -0.640. The molecule has 0 aliphatic heterocycles. The maximum absolute atomic E-state index is 14.0. The fourth-order valence-electron chi connectivity index (χ4n) is 3.25. The molecule has 3 N–H and O–H groups in total. The predicted molar refractivity (Wildman–Crippen MR) is 80.2 cm³/mol. The van der Waals surface area contributed by atoms with Gasteiger partial charge in [-0.25, -0.2) is 4.39 Å².